The highest BCUT2D eigenvalue weighted by molar-refractivity contribution is 5.85. The summed E-state index contributed by atoms with van der Waals surface area (Å²) in [5.74, 6) is -0.143. The number of aliphatic hydroxyl groups is 1. The van der Waals surface area contributed by atoms with Crippen molar-refractivity contribution in [3.05, 3.63) is 0 Å². The molecule has 0 unspecified atom stereocenters. The molecule has 4 N–H and O–H groups in total. The first-order valence-corrected chi connectivity index (χ1v) is 8.78. The van der Waals surface area contributed by atoms with Gasteiger partial charge in [-0.15, -0.1) is 0 Å². The highest BCUT2D eigenvalue weighted by Crippen LogP contribution is 2.34. The highest BCUT2D eigenvalue weighted by atomic mass is 16.3. The maximum atomic E-state index is 12.5. The van der Waals surface area contributed by atoms with Gasteiger partial charge in [-0.3, -0.25) is 14.5 Å². The number of hydrogen-bond donors (Lipinski definition) is 3. The maximum Gasteiger partial charge on any atom is 0.239 e. The zero-order valence-electron chi connectivity index (χ0n) is 13.7. The van der Waals surface area contributed by atoms with E-state index in [2.05, 4.69) is 10.2 Å². The van der Waals surface area contributed by atoms with Gasteiger partial charge in [0.25, 0.3) is 0 Å². The summed E-state index contributed by atoms with van der Waals surface area (Å²) in [6.45, 7) is 3.14. The zero-order valence-corrected chi connectivity index (χ0v) is 13.7. The number of carbonyl (C=O) groups excluding carboxylic acids is 2. The van der Waals surface area contributed by atoms with Gasteiger partial charge in [0.15, 0.2) is 0 Å². The van der Waals surface area contributed by atoms with Crippen LogP contribution < -0.4 is 11.1 Å². The lowest BCUT2D eigenvalue weighted by Gasteiger charge is -2.48. The Bertz CT molecular complexity index is 456. The minimum atomic E-state index is -0.505. The minimum absolute atomic E-state index is 0.0676. The number of nitrogens with zero attached hydrogens (tertiary/aromatic N) is 2. The van der Waals surface area contributed by atoms with Gasteiger partial charge in [-0.05, 0) is 19.3 Å². The molecule has 3 aliphatic rings. The first-order chi connectivity index (χ1) is 11.0. The van der Waals surface area contributed by atoms with Crippen LogP contribution in [0.25, 0.3) is 0 Å². The van der Waals surface area contributed by atoms with Gasteiger partial charge >= 0.3 is 0 Å². The van der Waals surface area contributed by atoms with Crippen LogP contribution >= 0.6 is 0 Å². The number of nitrogens with one attached hydrogen (secondary N) is 1. The van der Waals surface area contributed by atoms with Crippen LogP contribution in [0.2, 0.25) is 0 Å². The van der Waals surface area contributed by atoms with Crippen molar-refractivity contribution in [3.8, 4) is 0 Å². The number of rotatable bonds is 3. The molecule has 2 amide bonds. The molecular formula is C16H28N4O3. The van der Waals surface area contributed by atoms with Crippen LogP contribution in [0.5, 0.6) is 0 Å². The van der Waals surface area contributed by atoms with Gasteiger partial charge in [-0.25, -0.2) is 0 Å². The van der Waals surface area contributed by atoms with Crippen molar-refractivity contribution >= 4 is 11.8 Å². The highest BCUT2D eigenvalue weighted by Gasteiger charge is 2.45. The third-order valence-electron chi connectivity index (χ3n) is 5.74. The average Bonchev–Trinajstić information content (AvgIpc) is 3.01. The summed E-state index contributed by atoms with van der Waals surface area (Å²) < 4.78 is 0. The van der Waals surface area contributed by atoms with E-state index >= 15 is 0 Å². The van der Waals surface area contributed by atoms with Crippen molar-refractivity contribution in [2.75, 3.05) is 32.7 Å². The Morgan fingerprint density at radius 2 is 1.74 bits per heavy atom. The van der Waals surface area contributed by atoms with Crippen molar-refractivity contribution in [1.82, 2.24) is 15.1 Å². The van der Waals surface area contributed by atoms with Gasteiger partial charge in [0, 0.05) is 32.7 Å². The fourth-order valence-corrected chi connectivity index (χ4v) is 4.34. The van der Waals surface area contributed by atoms with E-state index in [1.54, 1.807) is 0 Å². The predicted molar refractivity (Wildman–Crippen MR) is 85.6 cm³/mol. The monoisotopic (exact) mass is 324 g/mol. The van der Waals surface area contributed by atoms with Crippen LogP contribution in [0.4, 0.5) is 0 Å². The molecule has 7 nitrogen and oxygen atoms in total. The van der Waals surface area contributed by atoms with Crippen molar-refractivity contribution in [2.45, 2.75) is 56.2 Å². The molecule has 23 heavy (non-hydrogen) atoms. The average molecular weight is 324 g/mol. The Kier molecular flexibility index (Phi) is 4.89. The molecule has 2 heterocycles. The van der Waals surface area contributed by atoms with Gasteiger partial charge in [-0.1, -0.05) is 19.3 Å². The fourth-order valence-electron chi connectivity index (χ4n) is 4.34. The summed E-state index contributed by atoms with van der Waals surface area (Å²) >= 11 is 0. The van der Waals surface area contributed by atoms with Crippen LogP contribution in [-0.4, -0.2) is 77.1 Å². The van der Waals surface area contributed by atoms with E-state index < -0.39 is 11.6 Å². The maximum absolute atomic E-state index is 12.5. The molecule has 2 atom stereocenters. The number of piperazine rings is 1. The van der Waals surface area contributed by atoms with Crippen molar-refractivity contribution in [1.29, 1.82) is 0 Å². The SMILES string of the molecule is NC(=O)C1(N2CCN(C(=O)[C@H]3C[C@H](O)CN3)CC2)CCCCC1. The first-order valence-electron chi connectivity index (χ1n) is 8.78. The molecule has 130 valence electrons. The van der Waals surface area contributed by atoms with E-state index in [9.17, 15) is 14.7 Å². The molecule has 3 rings (SSSR count). The summed E-state index contributed by atoms with van der Waals surface area (Å²) in [6.07, 6.45) is 5.01. The third-order valence-corrected chi connectivity index (χ3v) is 5.74. The van der Waals surface area contributed by atoms with E-state index in [0.29, 0.717) is 39.1 Å². The summed E-state index contributed by atoms with van der Waals surface area (Å²) in [4.78, 5) is 28.6. The largest absolute Gasteiger partial charge is 0.392 e. The molecule has 7 heteroatoms. The van der Waals surface area contributed by atoms with Crippen molar-refractivity contribution in [3.63, 3.8) is 0 Å². The van der Waals surface area contributed by atoms with Crippen LogP contribution in [0.15, 0.2) is 0 Å². The quantitative estimate of drug-likeness (QED) is 0.621. The smallest absolute Gasteiger partial charge is 0.239 e. The lowest BCUT2D eigenvalue weighted by Crippen LogP contribution is -2.64. The molecule has 1 saturated carbocycles. The van der Waals surface area contributed by atoms with E-state index in [4.69, 9.17) is 5.73 Å². The normalized spacial score (nSPS) is 32.0. The summed E-state index contributed by atoms with van der Waals surface area (Å²) in [5, 5.41) is 12.6. The third kappa shape index (κ3) is 3.22. The van der Waals surface area contributed by atoms with Crippen molar-refractivity contribution < 1.29 is 14.7 Å². The Hall–Kier alpha value is -1.18. The van der Waals surface area contributed by atoms with Crippen LogP contribution in [-0.2, 0) is 9.59 Å². The van der Waals surface area contributed by atoms with Crippen molar-refractivity contribution in [2.24, 2.45) is 5.73 Å². The molecule has 3 fully saturated rings. The summed E-state index contributed by atoms with van der Waals surface area (Å²) in [5.41, 5.74) is 5.24. The molecular weight excluding hydrogens is 296 g/mol. The van der Waals surface area contributed by atoms with Gasteiger partial charge in [0.05, 0.1) is 12.1 Å². The Labute approximate surface area is 137 Å². The second kappa shape index (κ2) is 6.75. The number of primary amides is 1. The number of aliphatic hydroxyl groups excluding tert-OH is 1. The van der Waals surface area contributed by atoms with Crippen LogP contribution in [0.3, 0.4) is 0 Å². The topological polar surface area (TPSA) is 98.9 Å². The van der Waals surface area contributed by atoms with E-state index in [1.807, 2.05) is 4.90 Å². The van der Waals surface area contributed by atoms with E-state index in [1.165, 1.54) is 6.42 Å². The van der Waals surface area contributed by atoms with Gasteiger partial charge in [0.2, 0.25) is 11.8 Å². The summed E-state index contributed by atoms with van der Waals surface area (Å²) in [7, 11) is 0. The molecule has 0 radical (unpaired) electrons. The van der Waals surface area contributed by atoms with E-state index in [-0.39, 0.29) is 17.9 Å². The predicted octanol–water partition coefficient (Wildman–Crippen LogP) is -0.958. The summed E-state index contributed by atoms with van der Waals surface area (Å²) in [6, 6.07) is -0.267. The molecule has 0 spiro atoms. The lowest BCUT2D eigenvalue weighted by molar-refractivity contribution is -0.140. The Balaban J connectivity index is 1.59. The molecule has 1 aliphatic carbocycles. The standard InChI is InChI=1S/C16H28N4O3/c17-15(23)16(4-2-1-3-5-16)20-8-6-19(7-9-20)14(22)13-10-12(21)11-18-13/h12-13,18,21H,1-11H2,(H2,17,23)/t12-,13+/m0/s1. The molecule has 0 aromatic carbocycles. The molecule has 2 aliphatic heterocycles. The van der Waals surface area contributed by atoms with Gasteiger partial charge in [-0.2, -0.15) is 0 Å². The Morgan fingerprint density at radius 3 is 2.26 bits per heavy atom. The van der Waals surface area contributed by atoms with Gasteiger partial charge in [0.1, 0.15) is 5.54 Å². The second-order valence-electron chi connectivity index (χ2n) is 7.12. The van der Waals surface area contributed by atoms with Crippen LogP contribution in [0.1, 0.15) is 38.5 Å². The number of carbonyl (C=O) groups is 2. The molecule has 0 bridgehead atoms. The molecule has 0 aromatic heterocycles. The molecule has 2 saturated heterocycles. The molecule has 0 aromatic rings. The number of amides is 2. The number of hydrogen-bond acceptors (Lipinski definition) is 5. The first kappa shape index (κ1) is 16.7. The lowest BCUT2D eigenvalue weighted by atomic mass is 9.79. The Morgan fingerprint density at radius 1 is 1.09 bits per heavy atom. The van der Waals surface area contributed by atoms with Gasteiger partial charge < -0.3 is 21.1 Å². The number of β-amino-alcohol motifs (C(OH)–C–C–N with tert-alkyl or cyclic N) is 1. The van der Waals surface area contributed by atoms with E-state index in [0.717, 1.165) is 25.7 Å². The number of nitrogens with two attached hydrogens (primary N) is 1. The van der Waals surface area contributed by atoms with Crippen LogP contribution in [0, 0.1) is 0 Å². The second-order valence-corrected chi connectivity index (χ2v) is 7.12. The fraction of sp³-hybridized carbons (Fsp3) is 0.875. The minimum Gasteiger partial charge on any atom is -0.392 e. The zero-order chi connectivity index (χ0) is 16.4.